The van der Waals surface area contributed by atoms with Crippen LogP contribution in [0.5, 0.6) is 0 Å². The quantitative estimate of drug-likeness (QED) is 0.615. The molecule has 0 spiro atoms. The first kappa shape index (κ1) is 20.8. The number of hydrogen-bond donors (Lipinski definition) is 1. The molecule has 1 N–H and O–H groups in total. The number of guanidine groups is 1. The van der Waals surface area contributed by atoms with Crippen molar-refractivity contribution in [3.63, 3.8) is 0 Å². The summed E-state index contributed by atoms with van der Waals surface area (Å²) in [5.74, 6) is -0.371. The predicted molar refractivity (Wildman–Crippen MR) is 107 cm³/mol. The molecule has 29 heavy (non-hydrogen) atoms. The Morgan fingerprint density at radius 1 is 1.21 bits per heavy atom. The van der Waals surface area contributed by atoms with E-state index in [1.54, 1.807) is 17.0 Å². The highest BCUT2D eigenvalue weighted by Crippen LogP contribution is 2.20. The molecule has 6 nitrogen and oxygen atoms in total. The van der Waals surface area contributed by atoms with Crippen molar-refractivity contribution < 1.29 is 18.0 Å². The zero-order valence-corrected chi connectivity index (χ0v) is 16.7. The lowest BCUT2D eigenvalue weighted by Crippen LogP contribution is -2.53. The minimum Gasteiger partial charge on any atom is -0.459 e. The van der Waals surface area contributed by atoms with E-state index in [0.29, 0.717) is 50.6 Å². The zero-order chi connectivity index (χ0) is 20.8. The lowest BCUT2D eigenvalue weighted by molar-refractivity contribution is 0.0657. The average Bonchev–Trinajstić information content (AvgIpc) is 3.25. The lowest BCUT2D eigenvalue weighted by atomic mass is 10.0. The van der Waals surface area contributed by atoms with Crippen LogP contribution >= 0.6 is 0 Å². The Hall–Kier alpha value is -2.90. The van der Waals surface area contributed by atoms with Gasteiger partial charge in [0.05, 0.1) is 6.26 Å². The molecule has 1 amide bonds. The van der Waals surface area contributed by atoms with Crippen LogP contribution in [-0.4, -0.2) is 60.9 Å². The Labute approximate surface area is 169 Å². The molecule has 0 aliphatic carbocycles. The van der Waals surface area contributed by atoms with Crippen LogP contribution in [0, 0.1) is 11.6 Å². The van der Waals surface area contributed by atoms with Gasteiger partial charge >= 0.3 is 0 Å². The van der Waals surface area contributed by atoms with Crippen LogP contribution in [0.15, 0.2) is 46.0 Å². The van der Waals surface area contributed by atoms with Crippen LogP contribution in [0.25, 0.3) is 0 Å². The van der Waals surface area contributed by atoms with E-state index in [0.717, 1.165) is 12.0 Å². The molecule has 0 saturated carbocycles. The van der Waals surface area contributed by atoms with Crippen LogP contribution in [0.3, 0.4) is 0 Å². The van der Waals surface area contributed by atoms with Crippen molar-refractivity contribution in [1.29, 1.82) is 0 Å². The SMILES string of the molecule is CCNC(=NCC(C)c1ccc(F)cc1F)N1CCN(C(=O)c2ccco2)CC1. The van der Waals surface area contributed by atoms with Gasteiger partial charge in [-0.25, -0.2) is 8.78 Å². The largest absolute Gasteiger partial charge is 0.459 e. The van der Waals surface area contributed by atoms with Gasteiger partial charge in [-0.1, -0.05) is 13.0 Å². The van der Waals surface area contributed by atoms with E-state index in [4.69, 9.17) is 4.42 Å². The number of rotatable bonds is 5. The number of nitrogens with zero attached hydrogens (tertiary/aromatic N) is 3. The molecule has 0 radical (unpaired) electrons. The molecule has 1 aromatic carbocycles. The molecule has 1 saturated heterocycles. The van der Waals surface area contributed by atoms with E-state index in [1.165, 1.54) is 18.4 Å². The monoisotopic (exact) mass is 404 g/mol. The van der Waals surface area contributed by atoms with Crippen molar-refractivity contribution in [3.8, 4) is 0 Å². The van der Waals surface area contributed by atoms with Crippen molar-refractivity contribution in [3.05, 3.63) is 59.6 Å². The summed E-state index contributed by atoms with van der Waals surface area (Å²) in [6.07, 6.45) is 1.49. The molecular weight excluding hydrogens is 378 g/mol. The molecule has 1 aromatic heterocycles. The van der Waals surface area contributed by atoms with Gasteiger partial charge in [0.2, 0.25) is 0 Å². The number of hydrogen-bond acceptors (Lipinski definition) is 3. The maximum absolute atomic E-state index is 14.0. The Morgan fingerprint density at radius 2 is 1.93 bits per heavy atom. The van der Waals surface area contributed by atoms with Gasteiger partial charge in [-0.2, -0.15) is 0 Å². The van der Waals surface area contributed by atoms with Crippen LogP contribution in [-0.2, 0) is 0 Å². The Balaban J connectivity index is 1.61. The van der Waals surface area contributed by atoms with Crippen LogP contribution in [0.2, 0.25) is 0 Å². The second kappa shape index (κ2) is 9.54. The molecule has 1 unspecified atom stereocenters. The van der Waals surface area contributed by atoms with Crippen LogP contribution < -0.4 is 5.32 Å². The highest BCUT2D eigenvalue weighted by molar-refractivity contribution is 5.91. The average molecular weight is 404 g/mol. The normalized spacial score (nSPS) is 16.1. The van der Waals surface area contributed by atoms with Gasteiger partial charge in [0.1, 0.15) is 11.6 Å². The number of furan rings is 1. The van der Waals surface area contributed by atoms with Crippen LogP contribution in [0.1, 0.15) is 35.9 Å². The number of carbonyl (C=O) groups excluding carboxylic acids is 1. The molecule has 1 aliphatic heterocycles. The van der Waals surface area contributed by atoms with E-state index in [1.807, 2.05) is 13.8 Å². The third-order valence-electron chi connectivity index (χ3n) is 4.94. The summed E-state index contributed by atoms with van der Waals surface area (Å²) in [6.45, 7) is 7.31. The van der Waals surface area contributed by atoms with Crippen molar-refractivity contribution in [2.24, 2.45) is 4.99 Å². The first-order valence-corrected chi connectivity index (χ1v) is 9.80. The first-order valence-electron chi connectivity index (χ1n) is 9.80. The van der Waals surface area contributed by atoms with Crippen molar-refractivity contribution >= 4 is 11.9 Å². The molecule has 1 fully saturated rings. The number of piperazine rings is 1. The maximum Gasteiger partial charge on any atom is 0.289 e. The smallest absolute Gasteiger partial charge is 0.289 e. The summed E-state index contributed by atoms with van der Waals surface area (Å²) in [5, 5.41) is 3.25. The fraction of sp³-hybridized carbons (Fsp3) is 0.429. The van der Waals surface area contributed by atoms with Crippen molar-refractivity contribution in [2.45, 2.75) is 19.8 Å². The van der Waals surface area contributed by atoms with Gasteiger partial charge in [-0.15, -0.1) is 0 Å². The molecule has 0 bridgehead atoms. The lowest BCUT2D eigenvalue weighted by Gasteiger charge is -2.36. The standard InChI is InChI=1S/C21H26F2N4O2/c1-3-24-21(25-14-15(2)17-7-6-16(22)13-18(17)23)27-10-8-26(9-11-27)20(28)19-5-4-12-29-19/h4-7,12-13,15H,3,8-11,14H2,1-2H3,(H,24,25). The van der Waals surface area contributed by atoms with Crippen molar-refractivity contribution in [1.82, 2.24) is 15.1 Å². The molecule has 2 heterocycles. The third kappa shape index (κ3) is 5.13. The van der Waals surface area contributed by atoms with Gasteiger partial charge in [0, 0.05) is 51.3 Å². The minimum absolute atomic E-state index is 0.114. The van der Waals surface area contributed by atoms with E-state index < -0.39 is 11.6 Å². The zero-order valence-electron chi connectivity index (χ0n) is 16.7. The second-order valence-corrected chi connectivity index (χ2v) is 7.02. The Kier molecular flexibility index (Phi) is 6.85. The number of nitrogens with one attached hydrogen (secondary N) is 1. The molecule has 1 atom stereocenters. The number of halogens is 2. The molecule has 2 aromatic rings. The molecular formula is C21H26F2N4O2. The Bertz CT molecular complexity index is 846. The topological polar surface area (TPSA) is 61.1 Å². The van der Waals surface area contributed by atoms with E-state index >= 15 is 0 Å². The van der Waals surface area contributed by atoms with E-state index in [2.05, 4.69) is 15.2 Å². The fourth-order valence-electron chi connectivity index (χ4n) is 3.33. The van der Waals surface area contributed by atoms with E-state index in [9.17, 15) is 13.6 Å². The van der Waals surface area contributed by atoms with Gasteiger partial charge < -0.3 is 19.5 Å². The van der Waals surface area contributed by atoms with Gasteiger partial charge in [0.25, 0.3) is 5.91 Å². The number of amides is 1. The number of benzene rings is 1. The fourth-order valence-corrected chi connectivity index (χ4v) is 3.33. The first-order chi connectivity index (χ1) is 14.0. The number of aliphatic imine (C=N–C) groups is 1. The second-order valence-electron chi connectivity index (χ2n) is 7.02. The molecule has 1 aliphatic rings. The van der Waals surface area contributed by atoms with Gasteiger partial charge in [-0.3, -0.25) is 9.79 Å². The summed E-state index contributed by atoms with van der Waals surface area (Å²) in [7, 11) is 0. The summed E-state index contributed by atoms with van der Waals surface area (Å²) in [6, 6.07) is 6.99. The summed E-state index contributed by atoms with van der Waals surface area (Å²) < 4.78 is 32.3. The van der Waals surface area contributed by atoms with E-state index in [-0.39, 0.29) is 11.8 Å². The third-order valence-corrected chi connectivity index (χ3v) is 4.94. The summed E-state index contributed by atoms with van der Waals surface area (Å²) in [5.41, 5.74) is 0.444. The van der Waals surface area contributed by atoms with Crippen molar-refractivity contribution in [2.75, 3.05) is 39.3 Å². The van der Waals surface area contributed by atoms with Gasteiger partial charge in [0.15, 0.2) is 11.7 Å². The molecule has 156 valence electrons. The van der Waals surface area contributed by atoms with Crippen LogP contribution in [0.4, 0.5) is 8.78 Å². The highest BCUT2D eigenvalue weighted by Gasteiger charge is 2.25. The Morgan fingerprint density at radius 3 is 2.55 bits per heavy atom. The maximum atomic E-state index is 14.0. The summed E-state index contributed by atoms with van der Waals surface area (Å²) in [4.78, 5) is 20.9. The minimum atomic E-state index is -0.586. The predicted octanol–water partition coefficient (Wildman–Crippen LogP) is 3.08. The highest BCUT2D eigenvalue weighted by atomic mass is 19.1. The molecule has 3 rings (SSSR count). The molecule has 8 heteroatoms. The van der Waals surface area contributed by atoms with Gasteiger partial charge in [-0.05, 0) is 30.7 Å². The summed E-state index contributed by atoms with van der Waals surface area (Å²) >= 11 is 0. The number of carbonyl (C=O) groups is 1.